The summed E-state index contributed by atoms with van der Waals surface area (Å²) in [6, 6.07) is 0. The quantitative estimate of drug-likeness (QED) is 0.406. The van der Waals surface area contributed by atoms with Gasteiger partial charge >= 0.3 is 5.97 Å². The van der Waals surface area contributed by atoms with Gasteiger partial charge in [0.1, 0.15) is 5.78 Å². The Balaban J connectivity index is 2.08. The number of Topliss-reactive ketones (excluding diaryl/α,β-unsaturated/α-hetero) is 1. The van der Waals surface area contributed by atoms with Crippen molar-refractivity contribution in [2.75, 3.05) is 7.11 Å². The van der Waals surface area contributed by atoms with Gasteiger partial charge in [-0.2, -0.15) is 0 Å². The highest BCUT2D eigenvalue weighted by Crippen LogP contribution is 2.23. The number of carbonyl (C=O) groups excluding carboxylic acids is 2. The van der Waals surface area contributed by atoms with Crippen molar-refractivity contribution in [3.8, 4) is 0 Å². The van der Waals surface area contributed by atoms with Gasteiger partial charge in [-0.25, -0.2) is 0 Å². The number of ketones is 1. The van der Waals surface area contributed by atoms with E-state index in [1.165, 1.54) is 13.5 Å². The molecule has 0 spiro atoms. The molecule has 1 saturated carbocycles. The van der Waals surface area contributed by atoms with Crippen molar-refractivity contribution in [1.82, 2.24) is 0 Å². The second-order valence-electron chi connectivity index (χ2n) is 4.58. The van der Waals surface area contributed by atoms with E-state index in [1.54, 1.807) is 0 Å². The first-order valence-corrected chi connectivity index (χ1v) is 6.48. The van der Waals surface area contributed by atoms with Crippen molar-refractivity contribution in [2.45, 2.75) is 51.4 Å². The van der Waals surface area contributed by atoms with Gasteiger partial charge in [-0.05, 0) is 32.1 Å². The smallest absolute Gasteiger partial charge is 0.305 e. The highest BCUT2D eigenvalue weighted by molar-refractivity contribution is 5.81. The lowest BCUT2D eigenvalue weighted by molar-refractivity contribution is -0.140. The van der Waals surface area contributed by atoms with Gasteiger partial charge in [-0.15, -0.1) is 0 Å². The molecule has 0 heterocycles. The Morgan fingerprint density at radius 3 is 2.94 bits per heavy atom. The van der Waals surface area contributed by atoms with E-state index < -0.39 is 0 Å². The van der Waals surface area contributed by atoms with Crippen molar-refractivity contribution < 1.29 is 14.3 Å². The van der Waals surface area contributed by atoms with E-state index in [4.69, 9.17) is 0 Å². The topological polar surface area (TPSA) is 43.4 Å². The molecule has 0 amide bonds. The third-order valence-electron chi connectivity index (χ3n) is 3.25. The van der Waals surface area contributed by atoms with Crippen molar-refractivity contribution in [3.05, 3.63) is 12.2 Å². The summed E-state index contributed by atoms with van der Waals surface area (Å²) in [5, 5.41) is 0. The van der Waals surface area contributed by atoms with Crippen molar-refractivity contribution >= 4 is 11.8 Å². The second-order valence-corrected chi connectivity index (χ2v) is 4.58. The third-order valence-corrected chi connectivity index (χ3v) is 3.25. The van der Waals surface area contributed by atoms with E-state index in [0.29, 0.717) is 12.2 Å². The SMILES string of the molecule is COC(=O)CCCC=CCC1CCCCC1=O. The molecule has 1 rings (SSSR count). The fourth-order valence-electron chi connectivity index (χ4n) is 2.15. The maximum Gasteiger partial charge on any atom is 0.305 e. The molecule has 0 bridgehead atoms. The predicted molar refractivity (Wildman–Crippen MR) is 66.6 cm³/mol. The van der Waals surface area contributed by atoms with Crippen LogP contribution in [0.3, 0.4) is 0 Å². The van der Waals surface area contributed by atoms with Crippen LogP contribution in [0.4, 0.5) is 0 Å². The van der Waals surface area contributed by atoms with Gasteiger partial charge in [0.15, 0.2) is 0 Å². The molecule has 1 fully saturated rings. The van der Waals surface area contributed by atoms with Crippen LogP contribution in [0.1, 0.15) is 51.4 Å². The number of unbranched alkanes of at least 4 members (excludes halogenated alkanes) is 1. The van der Waals surface area contributed by atoms with E-state index >= 15 is 0 Å². The van der Waals surface area contributed by atoms with Crippen LogP contribution in [0.5, 0.6) is 0 Å². The lowest BCUT2D eigenvalue weighted by Gasteiger charge is -2.18. The maximum absolute atomic E-state index is 11.5. The van der Waals surface area contributed by atoms with Crippen LogP contribution in [-0.2, 0) is 14.3 Å². The zero-order valence-electron chi connectivity index (χ0n) is 10.6. The monoisotopic (exact) mass is 238 g/mol. The zero-order valence-corrected chi connectivity index (χ0v) is 10.6. The molecular weight excluding hydrogens is 216 g/mol. The summed E-state index contributed by atoms with van der Waals surface area (Å²) in [6.07, 6.45) is 11.3. The van der Waals surface area contributed by atoms with E-state index in [1.807, 2.05) is 0 Å². The number of methoxy groups -OCH3 is 1. The molecule has 3 heteroatoms. The highest BCUT2D eigenvalue weighted by atomic mass is 16.5. The summed E-state index contributed by atoms with van der Waals surface area (Å²) in [7, 11) is 1.41. The summed E-state index contributed by atoms with van der Waals surface area (Å²) in [5.41, 5.74) is 0. The lowest BCUT2D eigenvalue weighted by atomic mass is 9.86. The highest BCUT2D eigenvalue weighted by Gasteiger charge is 2.20. The van der Waals surface area contributed by atoms with E-state index in [-0.39, 0.29) is 11.9 Å². The molecule has 0 aliphatic heterocycles. The van der Waals surface area contributed by atoms with E-state index in [0.717, 1.165) is 38.5 Å². The van der Waals surface area contributed by atoms with Crippen LogP contribution >= 0.6 is 0 Å². The molecule has 1 atom stereocenters. The number of carbonyl (C=O) groups is 2. The minimum Gasteiger partial charge on any atom is -0.469 e. The summed E-state index contributed by atoms with van der Waals surface area (Å²) in [4.78, 5) is 22.4. The Morgan fingerprint density at radius 2 is 2.24 bits per heavy atom. The van der Waals surface area contributed by atoms with Crippen LogP contribution < -0.4 is 0 Å². The molecule has 17 heavy (non-hydrogen) atoms. The summed E-state index contributed by atoms with van der Waals surface area (Å²) < 4.78 is 4.56. The molecule has 1 aliphatic rings. The average Bonchev–Trinajstić information content (AvgIpc) is 2.35. The van der Waals surface area contributed by atoms with Gasteiger partial charge in [-0.3, -0.25) is 9.59 Å². The summed E-state index contributed by atoms with van der Waals surface area (Å²) in [5.74, 6) is 0.525. The Labute approximate surface area is 103 Å². The molecule has 0 aromatic rings. The van der Waals surface area contributed by atoms with Gasteiger partial charge in [-0.1, -0.05) is 18.6 Å². The van der Waals surface area contributed by atoms with Crippen molar-refractivity contribution in [3.63, 3.8) is 0 Å². The molecule has 0 aromatic heterocycles. The fraction of sp³-hybridized carbons (Fsp3) is 0.714. The minimum absolute atomic E-state index is 0.152. The Hall–Kier alpha value is -1.12. The molecule has 0 radical (unpaired) electrons. The van der Waals surface area contributed by atoms with Crippen LogP contribution in [0.15, 0.2) is 12.2 Å². The largest absolute Gasteiger partial charge is 0.469 e. The van der Waals surface area contributed by atoms with E-state index in [9.17, 15) is 9.59 Å². The van der Waals surface area contributed by atoms with Gasteiger partial charge < -0.3 is 4.74 Å². The predicted octanol–water partition coefficient (Wildman–Crippen LogP) is 3.04. The summed E-state index contributed by atoms with van der Waals surface area (Å²) in [6.45, 7) is 0. The third kappa shape index (κ3) is 5.66. The average molecular weight is 238 g/mol. The summed E-state index contributed by atoms with van der Waals surface area (Å²) >= 11 is 0. The molecule has 1 unspecified atom stereocenters. The Bertz CT molecular complexity index is 281. The Kier molecular flexibility index (Phi) is 6.60. The van der Waals surface area contributed by atoms with Crippen LogP contribution in [0, 0.1) is 5.92 Å². The second kappa shape index (κ2) is 8.04. The minimum atomic E-state index is -0.152. The zero-order chi connectivity index (χ0) is 12.5. The number of allylic oxidation sites excluding steroid dienone is 2. The lowest BCUT2D eigenvalue weighted by Crippen LogP contribution is -2.17. The van der Waals surface area contributed by atoms with Gasteiger partial charge in [0.05, 0.1) is 7.11 Å². The van der Waals surface area contributed by atoms with E-state index in [2.05, 4.69) is 16.9 Å². The number of ether oxygens (including phenoxy) is 1. The van der Waals surface area contributed by atoms with Crippen LogP contribution in [0.25, 0.3) is 0 Å². The number of hydrogen-bond acceptors (Lipinski definition) is 3. The molecule has 3 nitrogen and oxygen atoms in total. The van der Waals surface area contributed by atoms with Crippen molar-refractivity contribution in [1.29, 1.82) is 0 Å². The van der Waals surface area contributed by atoms with Gasteiger partial charge in [0, 0.05) is 18.8 Å². The number of rotatable bonds is 6. The Morgan fingerprint density at radius 1 is 1.41 bits per heavy atom. The van der Waals surface area contributed by atoms with Crippen LogP contribution in [-0.4, -0.2) is 18.9 Å². The molecule has 0 N–H and O–H groups in total. The first-order valence-electron chi connectivity index (χ1n) is 6.48. The fourth-order valence-corrected chi connectivity index (χ4v) is 2.15. The molecule has 0 saturated heterocycles. The molecule has 1 aliphatic carbocycles. The maximum atomic E-state index is 11.5. The van der Waals surface area contributed by atoms with Gasteiger partial charge in [0.25, 0.3) is 0 Å². The molecule has 0 aromatic carbocycles. The normalized spacial score (nSPS) is 20.8. The molecular formula is C14H22O3. The number of hydrogen-bond donors (Lipinski definition) is 0. The number of esters is 1. The standard InChI is InChI=1S/C14H22O3/c1-17-14(16)11-5-3-2-4-8-12-9-6-7-10-13(12)15/h2,4,12H,3,5-11H2,1H3. The first-order chi connectivity index (χ1) is 8.24. The van der Waals surface area contributed by atoms with Crippen LogP contribution in [0.2, 0.25) is 0 Å². The molecule has 96 valence electrons. The van der Waals surface area contributed by atoms with Crippen molar-refractivity contribution in [2.24, 2.45) is 5.92 Å². The first kappa shape index (κ1) is 13.9. The van der Waals surface area contributed by atoms with Gasteiger partial charge in [0.2, 0.25) is 0 Å².